The number of thioether (sulfide) groups is 1. The molecule has 1 heterocycles. The highest BCUT2D eigenvalue weighted by Gasteiger charge is 2.10. The Morgan fingerprint density at radius 2 is 2.18 bits per heavy atom. The fourth-order valence-corrected chi connectivity index (χ4v) is 3.02. The van der Waals surface area contributed by atoms with Crippen LogP contribution < -0.4 is 5.73 Å². The summed E-state index contributed by atoms with van der Waals surface area (Å²) in [5.74, 6) is 2.27. The summed E-state index contributed by atoms with van der Waals surface area (Å²) in [5.41, 5.74) is 7.30. The Labute approximate surface area is 106 Å². The van der Waals surface area contributed by atoms with Gasteiger partial charge in [-0.1, -0.05) is 12.1 Å². The molecule has 1 aromatic rings. The van der Waals surface area contributed by atoms with E-state index < -0.39 is 0 Å². The first-order valence-corrected chi connectivity index (χ1v) is 7.22. The molecule has 2 rings (SSSR count). The van der Waals surface area contributed by atoms with Crippen molar-refractivity contribution in [2.24, 2.45) is 5.73 Å². The molecule has 0 spiro atoms. The second-order valence-corrected chi connectivity index (χ2v) is 5.60. The van der Waals surface area contributed by atoms with Crippen LogP contribution >= 0.6 is 11.8 Å². The Morgan fingerprint density at radius 1 is 1.29 bits per heavy atom. The molecule has 0 saturated carbocycles. The first-order valence-electron chi connectivity index (χ1n) is 6.07. The second-order valence-electron chi connectivity index (χ2n) is 4.37. The minimum Gasteiger partial charge on any atom is -0.326 e. The molecule has 1 aromatic carbocycles. The molecule has 2 N–H and O–H groups in total. The van der Waals surface area contributed by atoms with E-state index in [1.54, 1.807) is 0 Å². The zero-order valence-electron chi connectivity index (χ0n) is 9.99. The van der Waals surface area contributed by atoms with Crippen molar-refractivity contribution in [2.45, 2.75) is 19.5 Å². The fourth-order valence-electron chi connectivity index (χ4n) is 2.10. The van der Waals surface area contributed by atoms with Crippen molar-refractivity contribution in [3.8, 4) is 0 Å². The molecule has 17 heavy (non-hydrogen) atoms. The molecule has 1 fully saturated rings. The summed E-state index contributed by atoms with van der Waals surface area (Å²) in [7, 11) is 0. The van der Waals surface area contributed by atoms with Crippen LogP contribution in [-0.2, 0) is 13.1 Å². The van der Waals surface area contributed by atoms with E-state index >= 15 is 0 Å². The SMILES string of the molecule is NCc1cc(CN2CCCSCC2)ccc1F. The van der Waals surface area contributed by atoms with E-state index in [0.717, 1.165) is 19.6 Å². The Hall–Kier alpha value is -0.580. The van der Waals surface area contributed by atoms with Gasteiger partial charge in [0.2, 0.25) is 0 Å². The van der Waals surface area contributed by atoms with E-state index in [1.165, 1.54) is 29.6 Å². The van der Waals surface area contributed by atoms with Gasteiger partial charge in [-0.25, -0.2) is 4.39 Å². The van der Waals surface area contributed by atoms with Crippen LogP contribution in [0.1, 0.15) is 17.5 Å². The molecule has 0 aromatic heterocycles. The van der Waals surface area contributed by atoms with Gasteiger partial charge in [-0.3, -0.25) is 4.90 Å². The largest absolute Gasteiger partial charge is 0.326 e. The predicted molar refractivity (Wildman–Crippen MR) is 71.5 cm³/mol. The third kappa shape index (κ3) is 3.69. The third-order valence-corrected chi connectivity index (χ3v) is 4.10. The van der Waals surface area contributed by atoms with Crippen LogP contribution in [0.4, 0.5) is 4.39 Å². The summed E-state index contributed by atoms with van der Waals surface area (Å²) in [6.07, 6.45) is 1.25. The van der Waals surface area contributed by atoms with Gasteiger partial charge < -0.3 is 5.73 Å². The molecule has 0 bridgehead atoms. The van der Waals surface area contributed by atoms with Crippen molar-refractivity contribution >= 4 is 11.8 Å². The number of halogens is 1. The van der Waals surface area contributed by atoms with Crippen molar-refractivity contribution in [1.29, 1.82) is 0 Å². The van der Waals surface area contributed by atoms with Crippen molar-refractivity contribution < 1.29 is 4.39 Å². The Morgan fingerprint density at radius 3 is 3.00 bits per heavy atom. The van der Waals surface area contributed by atoms with Crippen molar-refractivity contribution in [3.05, 3.63) is 35.1 Å². The predicted octanol–water partition coefficient (Wildman–Crippen LogP) is 2.22. The van der Waals surface area contributed by atoms with Crippen molar-refractivity contribution in [1.82, 2.24) is 4.90 Å². The second kappa shape index (κ2) is 6.38. The fraction of sp³-hybridized carbons (Fsp3) is 0.538. The summed E-state index contributed by atoms with van der Waals surface area (Å²) < 4.78 is 13.3. The molecule has 0 atom stereocenters. The maximum Gasteiger partial charge on any atom is 0.127 e. The molecule has 0 aliphatic carbocycles. The average Bonchev–Trinajstić information content (AvgIpc) is 2.60. The topological polar surface area (TPSA) is 29.3 Å². The van der Waals surface area contributed by atoms with Crippen LogP contribution in [0.3, 0.4) is 0 Å². The van der Waals surface area contributed by atoms with Crippen molar-refractivity contribution in [3.63, 3.8) is 0 Å². The van der Waals surface area contributed by atoms with E-state index in [4.69, 9.17) is 5.73 Å². The summed E-state index contributed by atoms with van der Waals surface area (Å²) >= 11 is 2.02. The highest BCUT2D eigenvalue weighted by atomic mass is 32.2. The lowest BCUT2D eigenvalue weighted by Gasteiger charge is -2.19. The molecular formula is C13H19FN2S. The monoisotopic (exact) mass is 254 g/mol. The van der Waals surface area contributed by atoms with Crippen LogP contribution in [0.25, 0.3) is 0 Å². The molecule has 4 heteroatoms. The quantitative estimate of drug-likeness (QED) is 0.897. The molecule has 0 radical (unpaired) electrons. The molecule has 0 unspecified atom stereocenters. The smallest absolute Gasteiger partial charge is 0.127 e. The Kier molecular flexibility index (Phi) is 4.83. The first kappa shape index (κ1) is 12.9. The van der Waals surface area contributed by atoms with Gasteiger partial charge in [-0.2, -0.15) is 11.8 Å². The van der Waals surface area contributed by atoms with E-state index in [2.05, 4.69) is 4.90 Å². The summed E-state index contributed by atoms with van der Waals surface area (Å²) in [5, 5.41) is 0. The lowest BCUT2D eigenvalue weighted by molar-refractivity contribution is 0.287. The molecule has 2 nitrogen and oxygen atoms in total. The summed E-state index contributed by atoms with van der Waals surface area (Å²) in [6.45, 7) is 3.45. The zero-order chi connectivity index (χ0) is 12.1. The molecular weight excluding hydrogens is 235 g/mol. The maximum absolute atomic E-state index is 13.3. The lowest BCUT2D eigenvalue weighted by Crippen LogP contribution is -2.25. The Bertz CT molecular complexity index is 362. The van der Waals surface area contributed by atoms with Gasteiger partial charge in [0.1, 0.15) is 5.82 Å². The number of nitrogens with zero attached hydrogens (tertiary/aromatic N) is 1. The summed E-state index contributed by atoms with van der Waals surface area (Å²) in [4.78, 5) is 2.44. The van der Waals surface area contributed by atoms with Crippen LogP contribution in [0, 0.1) is 5.82 Å². The molecule has 1 aliphatic heterocycles. The van der Waals surface area contributed by atoms with Gasteiger partial charge in [0, 0.05) is 31.0 Å². The van der Waals surface area contributed by atoms with Gasteiger partial charge in [0.05, 0.1) is 0 Å². The maximum atomic E-state index is 13.3. The number of benzene rings is 1. The number of hydrogen-bond acceptors (Lipinski definition) is 3. The average molecular weight is 254 g/mol. The van der Waals surface area contributed by atoms with Crippen LogP contribution in [0.15, 0.2) is 18.2 Å². The highest BCUT2D eigenvalue weighted by molar-refractivity contribution is 7.99. The Balaban J connectivity index is 2.01. The molecule has 1 saturated heterocycles. The standard InChI is InChI=1S/C13H19FN2S/c14-13-3-2-11(8-12(13)9-15)10-16-4-1-6-17-7-5-16/h2-3,8H,1,4-7,9-10,15H2. The number of hydrogen-bond donors (Lipinski definition) is 1. The van der Waals surface area contributed by atoms with Crippen molar-refractivity contribution in [2.75, 3.05) is 24.6 Å². The van der Waals surface area contributed by atoms with Gasteiger partial charge in [-0.05, 0) is 30.3 Å². The summed E-state index contributed by atoms with van der Waals surface area (Å²) in [6, 6.07) is 5.30. The normalized spacial score (nSPS) is 18.0. The first-order chi connectivity index (χ1) is 8.29. The van der Waals surface area contributed by atoms with E-state index in [9.17, 15) is 4.39 Å². The minimum absolute atomic E-state index is 0.192. The number of nitrogens with two attached hydrogens (primary N) is 1. The molecule has 1 aliphatic rings. The van der Waals surface area contributed by atoms with Crippen LogP contribution in [0.2, 0.25) is 0 Å². The lowest BCUT2D eigenvalue weighted by atomic mass is 10.1. The van der Waals surface area contributed by atoms with E-state index in [-0.39, 0.29) is 12.4 Å². The van der Waals surface area contributed by atoms with Gasteiger partial charge in [-0.15, -0.1) is 0 Å². The van der Waals surface area contributed by atoms with Gasteiger partial charge >= 0.3 is 0 Å². The number of rotatable bonds is 3. The third-order valence-electron chi connectivity index (χ3n) is 3.05. The minimum atomic E-state index is -0.192. The molecule has 94 valence electrons. The van der Waals surface area contributed by atoms with Crippen LogP contribution in [-0.4, -0.2) is 29.5 Å². The van der Waals surface area contributed by atoms with E-state index in [1.807, 2.05) is 23.9 Å². The highest BCUT2D eigenvalue weighted by Crippen LogP contribution is 2.15. The van der Waals surface area contributed by atoms with E-state index in [0.29, 0.717) is 5.56 Å². The zero-order valence-corrected chi connectivity index (χ0v) is 10.8. The van der Waals surface area contributed by atoms with Crippen LogP contribution in [0.5, 0.6) is 0 Å². The van der Waals surface area contributed by atoms with Gasteiger partial charge in [0.15, 0.2) is 0 Å². The van der Waals surface area contributed by atoms with Gasteiger partial charge in [0.25, 0.3) is 0 Å². The molecule has 0 amide bonds.